The Labute approximate surface area is 112 Å². The van der Waals surface area contributed by atoms with E-state index in [-0.39, 0.29) is 5.78 Å². The Kier molecular flexibility index (Phi) is 2.92. The molecule has 0 aliphatic heterocycles. The predicted molar refractivity (Wildman–Crippen MR) is 77.5 cm³/mol. The maximum absolute atomic E-state index is 11.6. The first-order valence-electron chi connectivity index (χ1n) is 6.38. The van der Waals surface area contributed by atoms with Gasteiger partial charge in [0.2, 0.25) is 0 Å². The minimum absolute atomic E-state index is 0.114. The maximum atomic E-state index is 11.6. The molecule has 0 radical (unpaired) electrons. The summed E-state index contributed by atoms with van der Waals surface area (Å²) in [6, 6.07) is 18.2. The SMILES string of the molecule is CC(=O)c1cccc2c1ccn2Cc1ccccc1. The highest BCUT2D eigenvalue weighted by molar-refractivity contribution is 6.06. The first kappa shape index (κ1) is 11.7. The molecule has 2 nitrogen and oxygen atoms in total. The number of benzene rings is 2. The van der Waals surface area contributed by atoms with Crippen molar-refractivity contribution in [2.75, 3.05) is 0 Å². The molecule has 94 valence electrons. The van der Waals surface area contributed by atoms with Crippen LogP contribution in [0.25, 0.3) is 10.9 Å². The monoisotopic (exact) mass is 249 g/mol. The molecular formula is C17H15NO. The fourth-order valence-corrected chi connectivity index (χ4v) is 2.45. The van der Waals surface area contributed by atoms with Crippen LogP contribution in [0.5, 0.6) is 0 Å². The van der Waals surface area contributed by atoms with E-state index < -0.39 is 0 Å². The minimum atomic E-state index is 0.114. The summed E-state index contributed by atoms with van der Waals surface area (Å²) in [7, 11) is 0. The molecule has 0 saturated carbocycles. The van der Waals surface area contributed by atoms with Gasteiger partial charge in [-0.25, -0.2) is 0 Å². The van der Waals surface area contributed by atoms with E-state index in [1.54, 1.807) is 6.92 Å². The summed E-state index contributed by atoms with van der Waals surface area (Å²) in [4.78, 5) is 11.6. The average Bonchev–Trinajstić information content (AvgIpc) is 2.83. The van der Waals surface area contributed by atoms with Crippen molar-refractivity contribution in [2.45, 2.75) is 13.5 Å². The zero-order chi connectivity index (χ0) is 13.2. The van der Waals surface area contributed by atoms with Gasteiger partial charge < -0.3 is 4.57 Å². The molecule has 0 amide bonds. The Morgan fingerprint density at radius 3 is 2.53 bits per heavy atom. The number of hydrogen-bond acceptors (Lipinski definition) is 1. The zero-order valence-corrected chi connectivity index (χ0v) is 10.8. The molecule has 1 aromatic heterocycles. The lowest BCUT2D eigenvalue weighted by atomic mass is 10.1. The number of fused-ring (bicyclic) bond motifs is 1. The van der Waals surface area contributed by atoms with E-state index in [2.05, 4.69) is 22.8 Å². The third-order valence-corrected chi connectivity index (χ3v) is 3.39. The highest BCUT2D eigenvalue weighted by Gasteiger charge is 2.08. The molecule has 0 aliphatic carbocycles. The van der Waals surface area contributed by atoms with Crippen molar-refractivity contribution in [3.63, 3.8) is 0 Å². The summed E-state index contributed by atoms with van der Waals surface area (Å²) in [6.07, 6.45) is 2.05. The number of nitrogens with zero attached hydrogens (tertiary/aromatic N) is 1. The van der Waals surface area contributed by atoms with Crippen molar-refractivity contribution in [1.29, 1.82) is 0 Å². The Hall–Kier alpha value is -2.35. The van der Waals surface area contributed by atoms with E-state index in [0.717, 1.165) is 23.0 Å². The third-order valence-electron chi connectivity index (χ3n) is 3.39. The number of rotatable bonds is 3. The van der Waals surface area contributed by atoms with E-state index in [0.29, 0.717) is 0 Å². The maximum Gasteiger partial charge on any atom is 0.160 e. The summed E-state index contributed by atoms with van der Waals surface area (Å²) in [5, 5.41) is 1.03. The number of ketones is 1. The molecule has 0 spiro atoms. The molecule has 3 rings (SSSR count). The first-order valence-corrected chi connectivity index (χ1v) is 6.38. The molecule has 2 aromatic carbocycles. The summed E-state index contributed by atoms with van der Waals surface area (Å²) in [5.74, 6) is 0.114. The van der Waals surface area contributed by atoms with Gasteiger partial charge in [-0.1, -0.05) is 42.5 Å². The topological polar surface area (TPSA) is 22.0 Å². The molecule has 0 N–H and O–H groups in total. The Morgan fingerprint density at radius 1 is 1.00 bits per heavy atom. The summed E-state index contributed by atoms with van der Waals surface area (Å²) >= 11 is 0. The Balaban J connectivity index is 2.07. The van der Waals surface area contributed by atoms with Crippen LogP contribution in [0.1, 0.15) is 22.8 Å². The van der Waals surface area contributed by atoms with E-state index >= 15 is 0 Å². The summed E-state index contributed by atoms with van der Waals surface area (Å²) < 4.78 is 2.18. The van der Waals surface area contributed by atoms with Crippen LogP contribution in [0.4, 0.5) is 0 Å². The van der Waals surface area contributed by atoms with Gasteiger partial charge in [0.15, 0.2) is 5.78 Å². The van der Waals surface area contributed by atoms with E-state index in [1.165, 1.54) is 5.56 Å². The fourth-order valence-electron chi connectivity index (χ4n) is 2.45. The number of carbonyl (C=O) groups is 1. The van der Waals surface area contributed by atoms with Crippen LogP contribution in [0, 0.1) is 0 Å². The van der Waals surface area contributed by atoms with Gasteiger partial charge in [-0.15, -0.1) is 0 Å². The lowest BCUT2D eigenvalue weighted by molar-refractivity contribution is 0.101. The highest BCUT2D eigenvalue weighted by atomic mass is 16.1. The summed E-state index contributed by atoms with van der Waals surface area (Å²) in [6.45, 7) is 2.44. The van der Waals surface area contributed by atoms with Crippen LogP contribution in [-0.2, 0) is 6.54 Å². The Bertz CT molecular complexity index is 725. The molecule has 1 heterocycles. The van der Waals surface area contributed by atoms with Crippen LogP contribution in [0.2, 0.25) is 0 Å². The number of Topliss-reactive ketones (excluding diaryl/α,β-unsaturated/α-hetero) is 1. The number of carbonyl (C=O) groups excluding carboxylic acids is 1. The molecule has 0 saturated heterocycles. The van der Waals surface area contributed by atoms with Crippen LogP contribution in [0.15, 0.2) is 60.8 Å². The van der Waals surface area contributed by atoms with Gasteiger partial charge in [0.25, 0.3) is 0 Å². The molecule has 2 heteroatoms. The predicted octanol–water partition coefficient (Wildman–Crippen LogP) is 3.89. The lowest BCUT2D eigenvalue weighted by Crippen LogP contribution is -1.98. The van der Waals surface area contributed by atoms with Gasteiger partial charge in [-0.05, 0) is 24.6 Å². The van der Waals surface area contributed by atoms with Gasteiger partial charge in [-0.3, -0.25) is 4.79 Å². The van der Waals surface area contributed by atoms with Crippen LogP contribution in [0.3, 0.4) is 0 Å². The van der Waals surface area contributed by atoms with Gasteiger partial charge in [0, 0.05) is 29.2 Å². The van der Waals surface area contributed by atoms with E-state index in [1.807, 2.05) is 42.6 Å². The van der Waals surface area contributed by atoms with Crippen molar-refractivity contribution in [3.05, 3.63) is 71.9 Å². The third kappa shape index (κ3) is 2.17. The average molecular weight is 249 g/mol. The van der Waals surface area contributed by atoms with Crippen LogP contribution < -0.4 is 0 Å². The summed E-state index contributed by atoms with van der Waals surface area (Å²) in [5.41, 5.74) is 3.16. The normalized spacial score (nSPS) is 10.8. The second-order valence-electron chi connectivity index (χ2n) is 4.72. The van der Waals surface area contributed by atoms with Crippen molar-refractivity contribution in [2.24, 2.45) is 0 Å². The molecule has 19 heavy (non-hydrogen) atoms. The van der Waals surface area contributed by atoms with Gasteiger partial charge in [-0.2, -0.15) is 0 Å². The molecular weight excluding hydrogens is 234 g/mol. The number of aromatic nitrogens is 1. The standard InChI is InChI=1S/C17H15NO/c1-13(19)15-8-5-9-17-16(15)10-11-18(17)12-14-6-3-2-4-7-14/h2-11H,12H2,1H3. The molecule has 0 aliphatic rings. The van der Waals surface area contributed by atoms with Crippen molar-refractivity contribution >= 4 is 16.7 Å². The lowest BCUT2D eigenvalue weighted by Gasteiger charge is -2.06. The molecule has 3 aromatic rings. The Morgan fingerprint density at radius 2 is 1.79 bits per heavy atom. The largest absolute Gasteiger partial charge is 0.343 e. The van der Waals surface area contributed by atoms with Crippen molar-refractivity contribution in [1.82, 2.24) is 4.57 Å². The van der Waals surface area contributed by atoms with Gasteiger partial charge >= 0.3 is 0 Å². The molecule has 0 unspecified atom stereocenters. The van der Waals surface area contributed by atoms with Crippen LogP contribution >= 0.6 is 0 Å². The van der Waals surface area contributed by atoms with Crippen LogP contribution in [-0.4, -0.2) is 10.4 Å². The van der Waals surface area contributed by atoms with E-state index in [4.69, 9.17) is 0 Å². The quantitative estimate of drug-likeness (QED) is 0.645. The number of hydrogen-bond donors (Lipinski definition) is 0. The first-order chi connectivity index (χ1) is 9.25. The second kappa shape index (κ2) is 4.73. The second-order valence-corrected chi connectivity index (χ2v) is 4.72. The minimum Gasteiger partial charge on any atom is -0.343 e. The zero-order valence-electron chi connectivity index (χ0n) is 10.8. The van der Waals surface area contributed by atoms with Crippen molar-refractivity contribution in [3.8, 4) is 0 Å². The molecule has 0 atom stereocenters. The molecule has 0 bridgehead atoms. The van der Waals surface area contributed by atoms with Gasteiger partial charge in [0.05, 0.1) is 0 Å². The smallest absolute Gasteiger partial charge is 0.160 e. The molecule has 0 fully saturated rings. The fraction of sp³-hybridized carbons (Fsp3) is 0.118. The van der Waals surface area contributed by atoms with E-state index in [9.17, 15) is 4.79 Å². The highest BCUT2D eigenvalue weighted by Crippen LogP contribution is 2.21. The van der Waals surface area contributed by atoms with Crippen molar-refractivity contribution < 1.29 is 4.79 Å². The van der Waals surface area contributed by atoms with Gasteiger partial charge in [0.1, 0.15) is 0 Å².